The molecule has 0 amide bonds. The zero-order chi connectivity index (χ0) is 13.1. The van der Waals surface area contributed by atoms with Crippen LogP contribution in [-0.2, 0) is 11.3 Å². The van der Waals surface area contributed by atoms with Crippen molar-refractivity contribution in [2.24, 2.45) is 0 Å². The molecule has 4 heteroatoms. The lowest BCUT2D eigenvalue weighted by Crippen LogP contribution is -2.29. The van der Waals surface area contributed by atoms with E-state index >= 15 is 0 Å². The molecule has 1 aromatic rings. The van der Waals surface area contributed by atoms with Crippen LogP contribution in [0.4, 0.5) is 0 Å². The number of rotatable bonds is 3. The lowest BCUT2D eigenvalue weighted by atomic mass is 9.88. The number of methoxy groups -OCH3 is 1. The molecule has 0 radical (unpaired) electrons. The second-order valence-corrected chi connectivity index (χ2v) is 5.13. The van der Waals surface area contributed by atoms with Gasteiger partial charge in [-0.25, -0.2) is 0 Å². The second-order valence-electron chi connectivity index (χ2n) is 5.13. The summed E-state index contributed by atoms with van der Waals surface area (Å²) in [5, 5.41) is 3.47. The van der Waals surface area contributed by atoms with Crippen LogP contribution in [0.3, 0.4) is 0 Å². The number of piperidine rings is 1. The fourth-order valence-electron chi connectivity index (χ4n) is 2.98. The van der Waals surface area contributed by atoms with Crippen LogP contribution in [0.15, 0.2) is 12.1 Å². The highest BCUT2D eigenvalue weighted by molar-refractivity contribution is 5.52. The van der Waals surface area contributed by atoms with E-state index in [-0.39, 0.29) is 0 Å². The number of fused-ring (bicyclic) bond motifs is 1. The average Bonchev–Trinajstić information content (AvgIpc) is 2.49. The van der Waals surface area contributed by atoms with Gasteiger partial charge in [0.2, 0.25) is 0 Å². The molecule has 104 valence electrons. The molecular formula is C15H21NO3. The highest BCUT2D eigenvalue weighted by Gasteiger charge is 2.24. The van der Waals surface area contributed by atoms with Crippen LogP contribution < -0.4 is 14.8 Å². The fraction of sp³-hybridized carbons (Fsp3) is 0.600. The SMILES string of the molecule is COCc1c(C2CCCNC2)ccc2c1OCCO2. The zero-order valence-electron chi connectivity index (χ0n) is 11.4. The standard InChI is InChI=1S/C15H21NO3/c1-17-10-13-12(11-3-2-6-16-9-11)4-5-14-15(13)19-8-7-18-14/h4-5,11,16H,2-3,6-10H2,1H3. The van der Waals surface area contributed by atoms with E-state index in [1.807, 2.05) is 6.07 Å². The molecule has 0 aliphatic carbocycles. The van der Waals surface area contributed by atoms with Gasteiger partial charge in [-0.2, -0.15) is 0 Å². The highest BCUT2D eigenvalue weighted by Crippen LogP contribution is 2.40. The summed E-state index contributed by atoms with van der Waals surface area (Å²) < 4.78 is 16.8. The number of ether oxygens (including phenoxy) is 3. The minimum atomic E-state index is 0.551. The van der Waals surface area contributed by atoms with Crippen LogP contribution in [0, 0.1) is 0 Å². The molecule has 2 aliphatic heterocycles. The second kappa shape index (κ2) is 5.80. The first-order chi connectivity index (χ1) is 9.40. The molecule has 1 unspecified atom stereocenters. The first kappa shape index (κ1) is 12.8. The quantitative estimate of drug-likeness (QED) is 0.906. The largest absolute Gasteiger partial charge is 0.486 e. The lowest BCUT2D eigenvalue weighted by molar-refractivity contribution is 0.152. The maximum atomic E-state index is 5.81. The Morgan fingerprint density at radius 2 is 2.21 bits per heavy atom. The van der Waals surface area contributed by atoms with Gasteiger partial charge in [-0.3, -0.25) is 0 Å². The van der Waals surface area contributed by atoms with Gasteiger partial charge in [0.15, 0.2) is 11.5 Å². The number of hydrogen-bond acceptors (Lipinski definition) is 4. The van der Waals surface area contributed by atoms with E-state index in [4.69, 9.17) is 14.2 Å². The van der Waals surface area contributed by atoms with Gasteiger partial charge in [-0.15, -0.1) is 0 Å². The van der Waals surface area contributed by atoms with Crippen LogP contribution >= 0.6 is 0 Å². The Morgan fingerprint density at radius 1 is 1.32 bits per heavy atom. The minimum Gasteiger partial charge on any atom is -0.486 e. The van der Waals surface area contributed by atoms with E-state index in [1.54, 1.807) is 7.11 Å². The number of hydrogen-bond donors (Lipinski definition) is 1. The summed E-state index contributed by atoms with van der Waals surface area (Å²) in [6.07, 6.45) is 2.45. The molecule has 0 aromatic heterocycles. The number of benzene rings is 1. The first-order valence-corrected chi connectivity index (χ1v) is 7.01. The Kier molecular flexibility index (Phi) is 3.89. The highest BCUT2D eigenvalue weighted by atomic mass is 16.6. The summed E-state index contributed by atoms with van der Waals surface area (Å²) in [6.45, 7) is 4.00. The molecule has 1 fully saturated rings. The van der Waals surface area contributed by atoms with Gasteiger partial charge in [0.1, 0.15) is 13.2 Å². The van der Waals surface area contributed by atoms with Crippen molar-refractivity contribution in [3.63, 3.8) is 0 Å². The fourth-order valence-corrected chi connectivity index (χ4v) is 2.98. The maximum absolute atomic E-state index is 5.81. The van der Waals surface area contributed by atoms with E-state index in [0.717, 1.165) is 30.2 Å². The van der Waals surface area contributed by atoms with Gasteiger partial charge in [-0.1, -0.05) is 6.07 Å². The molecule has 0 spiro atoms. The van der Waals surface area contributed by atoms with Crippen molar-refractivity contribution in [1.82, 2.24) is 5.32 Å². The van der Waals surface area contributed by atoms with Crippen molar-refractivity contribution in [2.75, 3.05) is 33.4 Å². The van der Waals surface area contributed by atoms with Crippen LogP contribution in [0.25, 0.3) is 0 Å². The summed E-state index contributed by atoms with van der Waals surface area (Å²) in [6, 6.07) is 4.22. The summed E-state index contributed by atoms with van der Waals surface area (Å²) in [5.41, 5.74) is 2.51. The molecule has 4 nitrogen and oxygen atoms in total. The Labute approximate surface area is 114 Å². The third kappa shape index (κ3) is 2.55. The average molecular weight is 263 g/mol. The Bertz CT molecular complexity index is 441. The van der Waals surface area contributed by atoms with E-state index in [0.29, 0.717) is 25.7 Å². The van der Waals surface area contributed by atoms with Crippen LogP contribution in [0.2, 0.25) is 0 Å². The first-order valence-electron chi connectivity index (χ1n) is 7.01. The van der Waals surface area contributed by atoms with Crippen LogP contribution in [0.5, 0.6) is 11.5 Å². The molecule has 1 aromatic carbocycles. The molecule has 2 heterocycles. The molecule has 2 aliphatic rings. The monoisotopic (exact) mass is 263 g/mol. The normalized spacial score (nSPS) is 22.3. The molecule has 0 saturated carbocycles. The maximum Gasteiger partial charge on any atom is 0.167 e. The molecule has 1 saturated heterocycles. The Morgan fingerprint density at radius 3 is 3.00 bits per heavy atom. The van der Waals surface area contributed by atoms with Crippen LogP contribution in [-0.4, -0.2) is 33.4 Å². The predicted octanol–water partition coefficient (Wildman–Crippen LogP) is 2.07. The molecular weight excluding hydrogens is 242 g/mol. The molecule has 3 rings (SSSR count). The summed E-state index contributed by atoms with van der Waals surface area (Å²) in [5.74, 6) is 2.29. The third-order valence-electron chi connectivity index (χ3n) is 3.87. The van der Waals surface area contributed by atoms with E-state index in [9.17, 15) is 0 Å². The predicted molar refractivity (Wildman–Crippen MR) is 73.0 cm³/mol. The van der Waals surface area contributed by atoms with Crippen molar-refractivity contribution in [1.29, 1.82) is 0 Å². The van der Waals surface area contributed by atoms with Gasteiger partial charge in [-0.05, 0) is 36.9 Å². The van der Waals surface area contributed by atoms with E-state index in [1.165, 1.54) is 18.4 Å². The van der Waals surface area contributed by atoms with Gasteiger partial charge in [0, 0.05) is 19.2 Å². The lowest BCUT2D eigenvalue weighted by Gasteiger charge is -2.28. The van der Waals surface area contributed by atoms with Crippen LogP contribution in [0.1, 0.15) is 29.9 Å². The van der Waals surface area contributed by atoms with Gasteiger partial charge in [0.05, 0.1) is 6.61 Å². The summed E-state index contributed by atoms with van der Waals surface area (Å²) in [4.78, 5) is 0. The molecule has 1 atom stereocenters. The zero-order valence-corrected chi connectivity index (χ0v) is 11.4. The summed E-state index contributed by atoms with van der Waals surface area (Å²) >= 11 is 0. The summed E-state index contributed by atoms with van der Waals surface area (Å²) in [7, 11) is 1.73. The topological polar surface area (TPSA) is 39.7 Å². The number of nitrogens with one attached hydrogen (secondary N) is 1. The van der Waals surface area contributed by atoms with E-state index < -0.39 is 0 Å². The van der Waals surface area contributed by atoms with Crippen molar-refractivity contribution in [3.05, 3.63) is 23.3 Å². The van der Waals surface area contributed by atoms with E-state index in [2.05, 4.69) is 11.4 Å². The minimum absolute atomic E-state index is 0.551. The molecule has 19 heavy (non-hydrogen) atoms. The Hall–Kier alpha value is -1.26. The van der Waals surface area contributed by atoms with Crippen molar-refractivity contribution in [2.45, 2.75) is 25.4 Å². The molecule has 0 bridgehead atoms. The van der Waals surface area contributed by atoms with Gasteiger partial charge < -0.3 is 19.5 Å². The third-order valence-corrected chi connectivity index (χ3v) is 3.87. The van der Waals surface area contributed by atoms with Gasteiger partial charge >= 0.3 is 0 Å². The van der Waals surface area contributed by atoms with Crippen molar-refractivity contribution in [3.8, 4) is 11.5 Å². The van der Waals surface area contributed by atoms with Crippen molar-refractivity contribution >= 4 is 0 Å². The van der Waals surface area contributed by atoms with Gasteiger partial charge in [0.25, 0.3) is 0 Å². The Balaban J connectivity index is 1.97. The van der Waals surface area contributed by atoms with Crippen molar-refractivity contribution < 1.29 is 14.2 Å². The smallest absolute Gasteiger partial charge is 0.167 e. The molecule has 1 N–H and O–H groups in total.